The molecule has 1 fully saturated rings. The van der Waals surface area contributed by atoms with E-state index >= 15 is 0 Å². The molecule has 2 heterocycles. The van der Waals surface area contributed by atoms with Gasteiger partial charge < -0.3 is 4.90 Å². The van der Waals surface area contributed by atoms with Crippen LogP contribution >= 0.6 is 0 Å². The highest BCUT2D eigenvalue weighted by atomic mass is 16.1. The van der Waals surface area contributed by atoms with E-state index in [-0.39, 0.29) is 5.78 Å². The van der Waals surface area contributed by atoms with E-state index in [0.717, 1.165) is 24.1 Å². The Morgan fingerprint density at radius 1 is 1.15 bits per heavy atom. The number of hydrogen-bond donors (Lipinski definition) is 0. The summed E-state index contributed by atoms with van der Waals surface area (Å²) >= 11 is 0. The molecule has 0 spiro atoms. The number of nitrogens with zero attached hydrogens (tertiary/aromatic N) is 3. The van der Waals surface area contributed by atoms with Crippen molar-refractivity contribution < 1.29 is 4.79 Å². The number of piperidine rings is 1. The minimum absolute atomic E-state index is 0.267. The summed E-state index contributed by atoms with van der Waals surface area (Å²) in [6, 6.07) is 8.18. The number of ketones is 1. The summed E-state index contributed by atoms with van der Waals surface area (Å²) in [5.74, 6) is 0.915. The van der Waals surface area contributed by atoms with Crippen molar-refractivity contribution in [1.82, 2.24) is 9.97 Å². The van der Waals surface area contributed by atoms with Crippen molar-refractivity contribution in [2.45, 2.75) is 19.8 Å². The lowest BCUT2D eigenvalue weighted by Crippen LogP contribution is -2.36. The molecule has 1 saturated heterocycles. The summed E-state index contributed by atoms with van der Waals surface area (Å²) in [4.78, 5) is 22.3. The Bertz CT molecular complexity index is 622. The van der Waals surface area contributed by atoms with E-state index in [1.54, 1.807) is 0 Å². The quantitative estimate of drug-likeness (QED) is 0.839. The molecule has 0 bridgehead atoms. The molecule has 0 unspecified atom stereocenters. The van der Waals surface area contributed by atoms with E-state index in [2.05, 4.69) is 29.0 Å². The average Bonchev–Trinajstić information content (AvgIpc) is 2.48. The highest BCUT2D eigenvalue weighted by Gasteiger charge is 2.18. The van der Waals surface area contributed by atoms with Gasteiger partial charge in [-0.1, -0.05) is 24.3 Å². The Morgan fingerprint density at radius 2 is 1.90 bits per heavy atom. The predicted molar refractivity (Wildman–Crippen MR) is 78.7 cm³/mol. The Labute approximate surface area is 118 Å². The van der Waals surface area contributed by atoms with Crippen LogP contribution in [0.5, 0.6) is 0 Å². The third-order valence-corrected chi connectivity index (χ3v) is 3.63. The normalized spacial score (nSPS) is 15.4. The maximum atomic E-state index is 11.5. The van der Waals surface area contributed by atoms with Gasteiger partial charge >= 0.3 is 0 Å². The van der Waals surface area contributed by atoms with Gasteiger partial charge in [-0.05, 0) is 24.5 Å². The fraction of sp³-hybridized carbons (Fsp3) is 0.312. The highest BCUT2D eigenvalue weighted by Crippen LogP contribution is 2.23. The third-order valence-electron chi connectivity index (χ3n) is 3.63. The fourth-order valence-electron chi connectivity index (χ4n) is 2.53. The summed E-state index contributed by atoms with van der Waals surface area (Å²) in [6.07, 6.45) is 5.24. The molecule has 0 aliphatic carbocycles. The van der Waals surface area contributed by atoms with Crippen molar-refractivity contribution in [1.29, 1.82) is 0 Å². The molecule has 0 amide bonds. The molecule has 0 atom stereocenters. The molecule has 0 N–H and O–H groups in total. The molecule has 102 valence electrons. The van der Waals surface area contributed by atoms with Crippen molar-refractivity contribution in [3.8, 4) is 11.1 Å². The molecule has 1 aliphatic rings. The van der Waals surface area contributed by atoms with Crippen LogP contribution in [-0.2, 0) is 4.79 Å². The van der Waals surface area contributed by atoms with Crippen LogP contribution in [0.2, 0.25) is 0 Å². The summed E-state index contributed by atoms with van der Waals surface area (Å²) in [7, 11) is 0. The minimum Gasteiger partial charge on any atom is -0.333 e. The molecule has 0 saturated carbocycles. The van der Waals surface area contributed by atoms with Crippen LogP contribution in [0.3, 0.4) is 0 Å². The molecular formula is C16H17N3O. The monoisotopic (exact) mass is 267 g/mol. The summed E-state index contributed by atoms with van der Waals surface area (Å²) in [6.45, 7) is 3.37. The van der Waals surface area contributed by atoms with Gasteiger partial charge in [0.25, 0.3) is 0 Å². The van der Waals surface area contributed by atoms with E-state index in [9.17, 15) is 4.79 Å². The lowest BCUT2D eigenvalue weighted by molar-refractivity contribution is -0.118. The first-order valence-electron chi connectivity index (χ1n) is 6.89. The van der Waals surface area contributed by atoms with Crippen molar-refractivity contribution in [2.24, 2.45) is 0 Å². The number of hydrogen-bond acceptors (Lipinski definition) is 4. The molecule has 1 aromatic heterocycles. The topological polar surface area (TPSA) is 46.1 Å². The largest absolute Gasteiger partial charge is 0.333 e. The van der Waals surface area contributed by atoms with Gasteiger partial charge in [0.05, 0.1) is 6.54 Å². The van der Waals surface area contributed by atoms with Crippen LogP contribution < -0.4 is 4.90 Å². The molecule has 1 aliphatic heterocycles. The van der Waals surface area contributed by atoms with Crippen LogP contribution in [0.1, 0.15) is 18.4 Å². The van der Waals surface area contributed by atoms with Crippen molar-refractivity contribution in [3.05, 3.63) is 42.2 Å². The highest BCUT2D eigenvalue weighted by molar-refractivity contribution is 5.84. The second-order valence-corrected chi connectivity index (χ2v) is 5.15. The summed E-state index contributed by atoms with van der Waals surface area (Å²) in [5.41, 5.74) is 3.36. The second-order valence-electron chi connectivity index (χ2n) is 5.15. The Hall–Kier alpha value is -2.23. The van der Waals surface area contributed by atoms with Gasteiger partial charge in [0.1, 0.15) is 0 Å². The van der Waals surface area contributed by atoms with Gasteiger partial charge in [-0.3, -0.25) is 4.79 Å². The number of anilines is 1. The molecular weight excluding hydrogens is 250 g/mol. The van der Waals surface area contributed by atoms with E-state index in [1.165, 1.54) is 5.56 Å². The zero-order valence-corrected chi connectivity index (χ0v) is 11.5. The van der Waals surface area contributed by atoms with Crippen molar-refractivity contribution in [2.75, 3.05) is 18.0 Å². The second kappa shape index (κ2) is 5.41. The van der Waals surface area contributed by atoms with Gasteiger partial charge in [-0.25, -0.2) is 9.97 Å². The van der Waals surface area contributed by atoms with Crippen LogP contribution in [0, 0.1) is 6.92 Å². The third kappa shape index (κ3) is 2.54. The zero-order valence-electron chi connectivity index (χ0n) is 11.5. The maximum Gasteiger partial charge on any atom is 0.225 e. The summed E-state index contributed by atoms with van der Waals surface area (Å²) in [5, 5.41) is 0. The Kier molecular flexibility index (Phi) is 3.46. The number of carbonyl (C=O) groups excluding carboxylic acids is 1. The average molecular weight is 267 g/mol. The lowest BCUT2D eigenvalue weighted by atomic mass is 10.0. The minimum atomic E-state index is 0.267. The van der Waals surface area contributed by atoms with Gasteiger partial charge in [-0.2, -0.15) is 0 Å². The number of carbonyl (C=O) groups is 1. The van der Waals surface area contributed by atoms with Crippen molar-refractivity contribution in [3.63, 3.8) is 0 Å². The lowest BCUT2D eigenvalue weighted by Gasteiger charge is -2.25. The van der Waals surface area contributed by atoms with Gasteiger partial charge in [0.2, 0.25) is 5.95 Å². The van der Waals surface area contributed by atoms with Crippen LogP contribution in [0.25, 0.3) is 11.1 Å². The molecule has 3 rings (SSSR count). The molecule has 2 aromatic rings. The van der Waals surface area contributed by atoms with Gasteiger partial charge in [0.15, 0.2) is 5.78 Å². The molecule has 4 heteroatoms. The molecule has 0 radical (unpaired) electrons. The standard InChI is InChI=1S/C16H17N3O/c1-12-5-2-3-7-15(12)13-9-17-16(18-10-13)19-8-4-6-14(20)11-19/h2-3,5,7,9-10H,4,6,8,11H2,1H3. The SMILES string of the molecule is Cc1ccccc1-c1cnc(N2CCCC(=O)C2)nc1. The van der Waals surface area contributed by atoms with E-state index < -0.39 is 0 Å². The maximum absolute atomic E-state index is 11.5. The number of aryl methyl sites for hydroxylation is 1. The van der Waals surface area contributed by atoms with Crippen LogP contribution in [0.4, 0.5) is 5.95 Å². The Balaban J connectivity index is 1.84. The predicted octanol–water partition coefficient (Wildman–Crippen LogP) is 2.62. The van der Waals surface area contributed by atoms with Gasteiger partial charge in [0, 0.05) is 30.9 Å². The molecule has 4 nitrogen and oxygen atoms in total. The number of benzene rings is 1. The first-order valence-corrected chi connectivity index (χ1v) is 6.89. The van der Waals surface area contributed by atoms with E-state index in [4.69, 9.17) is 0 Å². The smallest absolute Gasteiger partial charge is 0.225 e. The Morgan fingerprint density at radius 3 is 2.60 bits per heavy atom. The van der Waals surface area contributed by atoms with Gasteiger partial charge in [-0.15, -0.1) is 0 Å². The number of rotatable bonds is 2. The van der Waals surface area contributed by atoms with E-state index in [0.29, 0.717) is 18.9 Å². The number of Topliss-reactive ketones (excluding diaryl/α,β-unsaturated/α-hetero) is 1. The van der Waals surface area contributed by atoms with Crippen LogP contribution in [0.15, 0.2) is 36.7 Å². The molecule has 1 aromatic carbocycles. The summed E-state index contributed by atoms with van der Waals surface area (Å²) < 4.78 is 0. The first kappa shape index (κ1) is 12.8. The molecule has 20 heavy (non-hydrogen) atoms. The van der Waals surface area contributed by atoms with Crippen LogP contribution in [-0.4, -0.2) is 28.8 Å². The number of aromatic nitrogens is 2. The van der Waals surface area contributed by atoms with Crippen molar-refractivity contribution >= 4 is 11.7 Å². The zero-order chi connectivity index (χ0) is 13.9. The fourth-order valence-corrected chi connectivity index (χ4v) is 2.53. The first-order chi connectivity index (χ1) is 9.74. The van der Waals surface area contributed by atoms with E-state index in [1.807, 2.05) is 29.4 Å².